The highest BCUT2D eigenvalue weighted by Crippen LogP contribution is 2.26. The van der Waals surface area contributed by atoms with Crippen LogP contribution < -0.4 is 0 Å². The lowest BCUT2D eigenvalue weighted by atomic mass is 9.91. The van der Waals surface area contributed by atoms with E-state index >= 15 is 0 Å². The van der Waals surface area contributed by atoms with E-state index in [0.717, 1.165) is 11.1 Å². The molecule has 0 aliphatic carbocycles. The van der Waals surface area contributed by atoms with E-state index in [9.17, 15) is 8.78 Å². The highest BCUT2D eigenvalue weighted by molar-refractivity contribution is 5.36. The van der Waals surface area contributed by atoms with Gasteiger partial charge in [-0.15, -0.1) is 0 Å². The molecule has 0 saturated heterocycles. The molecule has 0 N–H and O–H groups in total. The van der Waals surface area contributed by atoms with Crippen LogP contribution in [0.3, 0.4) is 0 Å². The zero-order valence-corrected chi connectivity index (χ0v) is 10.1. The molecule has 0 spiro atoms. The van der Waals surface area contributed by atoms with Crippen molar-refractivity contribution in [3.8, 4) is 0 Å². The van der Waals surface area contributed by atoms with Gasteiger partial charge >= 0.3 is 0 Å². The maximum atomic E-state index is 12.9. The zero-order valence-electron chi connectivity index (χ0n) is 10.1. The highest BCUT2D eigenvalue weighted by Gasteiger charge is 2.10. The average molecular weight is 244 g/mol. The van der Waals surface area contributed by atoms with Gasteiger partial charge in [0.1, 0.15) is 11.6 Å². The zero-order chi connectivity index (χ0) is 13.0. The molecule has 0 nitrogen and oxygen atoms in total. The Morgan fingerprint density at radius 2 is 1.17 bits per heavy atom. The summed E-state index contributed by atoms with van der Waals surface area (Å²) in [5.74, 6) is -0.481. The van der Waals surface area contributed by atoms with Gasteiger partial charge in [0.15, 0.2) is 0 Å². The van der Waals surface area contributed by atoms with Gasteiger partial charge in [-0.2, -0.15) is 0 Å². The second-order valence-corrected chi connectivity index (χ2v) is 4.11. The molecule has 0 unspecified atom stereocenters. The molecule has 0 atom stereocenters. The lowest BCUT2D eigenvalue weighted by molar-refractivity contribution is 0.626. The van der Waals surface area contributed by atoms with E-state index in [2.05, 4.69) is 0 Å². The molecule has 0 radical (unpaired) electrons. The predicted octanol–water partition coefficient (Wildman–Crippen LogP) is 4.67. The smallest absolute Gasteiger partial charge is 0.123 e. The number of allylic oxidation sites excluding steroid dienone is 2. The molecular weight excluding hydrogens is 230 g/mol. The summed E-state index contributed by atoms with van der Waals surface area (Å²) in [6.07, 6.45) is 3.96. The summed E-state index contributed by atoms with van der Waals surface area (Å²) in [7, 11) is 0. The molecule has 0 saturated carbocycles. The van der Waals surface area contributed by atoms with Crippen molar-refractivity contribution < 1.29 is 8.78 Å². The van der Waals surface area contributed by atoms with Crippen molar-refractivity contribution in [3.05, 3.63) is 83.4 Å². The Balaban J connectivity index is 2.39. The number of hydrogen-bond acceptors (Lipinski definition) is 0. The summed E-state index contributed by atoms with van der Waals surface area (Å²) >= 11 is 0. The molecule has 0 heterocycles. The number of benzene rings is 2. The first-order valence-corrected chi connectivity index (χ1v) is 5.84. The van der Waals surface area contributed by atoms with Crippen LogP contribution in [0, 0.1) is 11.6 Å². The van der Waals surface area contributed by atoms with Crippen molar-refractivity contribution >= 4 is 0 Å². The van der Waals surface area contributed by atoms with Crippen LogP contribution in [-0.2, 0) is 0 Å². The van der Waals surface area contributed by atoms with Crippen molar-refractivity contribution in [2.24, 2.45) is 0 Å². The third kappa shape index (κ3) is 2.83. The molecule has 2 heteroatoms. The second-order valence-electron chi connectivity index (χ2n) is 4.11. The second kappa shape index (κ2) is 5.58. The number of halogens is 2. The molecule has 2 rings (SSSR count). The van der Waals surface area contributed by atoms with Crippen LogP contribution in [0.5, 0.6) is 0 Å². The van der Waals surface area contributed by atoms with E-state index in [1.807, 2.05) is 19.1 Å². The molecule has 2 aromatic rings. The van der Waals surface area contributed by atoms with Gasteiger partial charge in [-0.05, 0) is 42.3 Å². The van der Waals surface area contributed by atoms with Gasteiger partial charge in [0.05, 0.1) is 0 Å². The van der Waals surface area contributed by atoms with Gasteiger partial charge in [-0.3, -0.25) is 0 Å². The van der Waals surface area contributed by atoms with Crippen LogP contribution in [0.25, 0.3) is 0 Å². The normalized spacial score (nSPS) is 11.3. The fourth-order valence-electron chi connectivity index (χ4n) is 1.95. The minimum absolute atomic E-state index is 0.0243. The quantitative estimate of drug-likeness (QED) is 0.688. The Hall–Kier alpha value is -1.96. The first-order chi connectivity index (χ1) is 8.70. The number of rotatable bonds is 3. The monoisotopic (exact) mass is 244 g/mol. The summed E-state index contributed by atoms with van der Waals surface area (Å²) in [4.78, 5) is 0. The molecule has 0 aliphatic rings. The standard InChI is InChI=1S/C16H14F2/c1-2-3-16(12-4-8-14(17)9-5-12)13-6-10-15(18)11-7-13/h2-11,16H,1H3. The third-order valence-electron chi connectivity index (χ3n) is 2.84. The van der Waals surface area contributed by atoms with Crippen molar-refractivity contribution in [3.63, 3.8) is 0 Å². The van der Waals surface area contributed by atoms with Crippen molar-refractivity contribution in [2.45, 2.75) is 12.8 Å². The molecule has 0 fully saturated rings. The van der Waals surface area contributed by atoms with Gasteiger partial charge in [0, 0.05) is 5.92 Å². The Labute approximate surface area is 106 Å². The van der Waals surface area contributed by atoms with Gasteiger partial charge < -0.3 is 0 Å². The van der Waals surface area contributed by atoms with Crippen LogP contribution >= 0.6 is 0 Å². The molecule has 0 aromatic heterocycles. The van der Waals surface area contributed by atoms with Gasteiger partial charge in [0.25, 0.3) is 0 Å². The molecular formula is C16H14F2. The molecule has 18 heavy (non-hydrogen) atoms. The van der Waals surface area contributed by atoms with E-state index in [4.69, 9.17) is 0 Å². The van der Waals surface area contributed by atoms with E-state index in [-0.39, 0.29) is 17.6 Å². The maximum Gasteiger partial charge on any atom is 0.123 e. The maximum absolute atomic E-state index is 12.9. The Bertz CT molecular complexity index is 479. The van der Waals surface area contributed by atoms with Crippen LogP contribution in [0.15, 0.2) is 60.7 Å². The van der Waals surface area contributed by atoms with Crippen LogP contribution in [0.4, 0.5) is 8.78 Å². The lowest BCUT2D eigenvalue weighted by Crippen LogP contribution is -1.98. The van der Waals surface area contributed by atoms with E-state index in [1.54, 1.807) is 24.3 Å². The number of hydrogen-bond donors (Lipinski definition) is 0. The first kappa shape index (κ1) is 12.5. The first-order valence-electron chi connectivity index (χ1n) is 5.84. The fourth-order valence-corrected chi connectivity index (χ4v) is 1.95. The molecule has 0 amide bonds. The van der Waals surface area contributed by atoms with E-state index < -0.39 is 0 Å². The summed E-state index contributed by atoms with van der Waals surface area (Å²) in [5, 5.41) is 0. The van der Waals surface area contributed by atoms with Crippen molar-refractivity contribution in [1.82, 2.24) is 0 Å². The van der Waals surface area contributed by atoms with E-state index in [1.165, 1.54) is 24.3 Å². The summed E-state index contributed by atoms with van der Waals surface area (Å²) < 4.78 is 25.8. The van der Waals surface area contributed by atoms with Crippen LogP contribution in [-0.4, -0.2) is 0 Å². The SMILES string of the molecule is CC=CC(c1ccc(F)cc1)c1ccc(F)cc1. The topological polar surface area (TPSA) is 0 Å². The lowest BCUT2D eigenvalue weighted by Gasteiger charge is -2.14. The molecule has 0 bridgehead atoms. The summed E-state index contributed by atoms with van der Waals surface area (Å²) in [5.41, 5.74) is 1.97. The van der Waals surface area contributed by atoms with Crippen molar-refractivity contribution in [1.29, 1.82) is 0 Å². The van der Waals surface area contributed by atoms with Crippen LogP contribution in [0.1, 0.15) is 24.0 Å². The fraction of sp³-hybridized carbons (Fsp3) is 0.125. The minimum atomic E-state index is -0.253. The Kier molecular flexibility index (Phi) is 3.88. The van der Waals surface area contributed by atoms with Crippen LogP contribution in [0.2, 0.25) is 0 Å². The van der Waals surface area contributed by atoms with E-state index in [0.29, 0.717) is 0 Å². The minimum Gasteiger partial charge on any atom is -0.207 e. The summed E-state index contributed by atoms with van der Waals surface area (Å²) in [6, 6.07) is 12.8. The molecule has 0 aliphatic heterocycles. The highest BCUT2D eigenvalue weighted by atomic mass is 19.1. The van der Waals surface area contributed by atoms with Gasteiger partial charge in [-0.1, -0.05) is 36.4 Å². The van der Waals surface area contributed by atoms with Gasteiger partial charge in [-0.25, -0.2) is 8.78 Å². The largest absolute Gasteiger partial charge is 0.207 e. The molecule has 2 aromatic carbocycles. The third-order valence-corrected chi connectivity index (χ3v) is 2.84. The molecule has 92 valence electrons. The van der Waals surface area contributed by atoms with Gasteiger partial charge in [0.2, 0.25) is 0 Å². The summed E-state index contributed by atoms with van der Waals surface area (Å²) in [6.45, 7) is 1.93. The Morgan fingerprint density at radius 3 is 1.50 bits per heavy atom. The average Bonchev–Trinajstić information content (AvgIpc) is 2.39. The van der Waals surface area contributed by atoms with Crippen molar-refractivity contribution in [2.75, 3.05) is 0 Å². The predicted molar refractivity (Wildman–Crippen MR) is 69.5 cm³/mol. The Morgan fingerprint density at radius 1 is 0.778 bits per heavy atom.